The van der Waals surface area contributed by atoms with Crippen LogP contribution in [0.5, 0.6) is 0 Å². The maximum atomic E-state index is 13.9. The minimum Gasteiger partial charge on any atom is -0.347 e. The fourth-order valence-corrected chi connectivity index (χ4v) is 3.58. The van der Waals surface area contributed by atoms with Gasteiger partial charge in [0, 0.05) is 31.4 Å². The fraction of sp³-hybridized carbons (Fsp3) is 0.261. The molecule has 6 nitrogen and oxygen atoms in total. The lowest BCUT2D eigenvalue weighted by molar-refractivity contribution is 0.0724. The molecule has 0 saturated carbocycles. The molecule has 0 unspecified atom stereocenters. The van der Waals surface area contributed by atoms with Crippen molar-refractivity contribution in [1.82, 2.24) is 20.0 Å². The van der Waals surface area contributed by atoms with E-state index >= 15 is 0 Å². The topological polar surface area (TPSA) is 67.2 Å². The van der Waals surface area contributed by atoms with E-state index in [0.717, 1.165) is 31.5 Å². The SMILES string of the molecule is O=C(NCc1cccc(C(=O)N2CCCCC2)c1)c1ccn(-c2ccccc2F)n1. The number of hydrogen-bond acceptors (Lipinski definition) is 3. The van der Waals surface area contributed by atoms with Crippen LogP contribution in [-0.2, 0) is 6.54 Å². The molecule has 30 heavy (non-hydrogen) atoms. The van der Waals surface area contributed by atoms with Gasteiger partial charge in [-0.25, -0.2) is 9.07 Å². The Balaban J connectivity index is 1.40. The van der Waals surface area contributed by atoms with Gasteiger partial charge in [-0.1, -0.05) is 24.3 Å². The number of nitrogens with zero attached hydrogens (tertiary/aromatic N) is 3. The Kier molecular flexibility index (Phi) is 5.88. The third-order valence-electron chi connectivity index (χ3n) is 5.19. The van der Waals surface area contributed by atoms with Gasteiger partial charge in [-0.2, -0.15) is 5.10 Å². The third-order valence-corrected chi connectivity index (χ3v) is 5.19. The molecule has 1 N–H and O–H groups in total. The second kappa shape index (κ2) is 8.90. The van der Waals surface area contributed by atoms with Crippen molar-refractivity contribution in [1.29, 1.82) is 0 Å². The van der Waals surface area contributed by atoms with Gasteiger partial charge in [-0.3, -0.25) is 9.59 Å². The number of carbonyl (C=O) groups excluding carboxylic acids is 2. The zero-order valence-corrected chi connectivity index (χ0v) is 16.6. The molecule has 0 bridgehead atoms. The van der Waals surface area contributed by atoms with E-state index in [1.54, 1.807) is 30.5 Å². The standard InChI is InChI=1S/C23H23FN4O2/c24-19-9-2-3-10-21(19)28-14-11-20(26-28)22(29)25-16-17-7-6-8-18(15-17)23(30)27-12-4-1-5-13-27/h2-3,6-11,14-15H,1,4-5,12-13,16H2,(H,25,29). The van der Waals surface area contributed by atoms with Gasteiger partial charge in [0.2, 0.25) is 0 Å². The van der Waals surface area contributed by atoms with E-state index in [9.17, 15) is 14.0 Å². The van der Waals surface area contributed by atoms with Gasteiger partial charge in [0.1, 0.15) is 11.5 Å². The molecule has 1 aromatic heterocycles. The number of para-hydroxylation sites is 1. The number of likely N-dealkylation sites (tertiary alicyclic amines) is 1. The zero-order valence-electron chi connectivity index (χ0n) is 16.6. The van der Waals surface area contributed by atoms with E-state index in [1.807, 2.05) is 23.1 Å². The highest BCUT2D eigenvalue weighted by Crippen LogP contribution is 2.15. The summed E-state index contributed by atoms with van der Waals surface area (Å²) < 4.78 is 15.2. The lowest BCUT2D eigenvalue weighted by atomic mass is 10.1. The second-order valence-corrected chi connectivity index (χ2v) is 7.33. The van der Waals surface area contributed by atoms with Crippen LogP contribution in [0.2, 0.25) is 0 Å². The van der Waals surface area contributed by atoms with Crippen LogP contribution in [0.25, 0.3) is 5.69 Å². The molecule has 2 heterocycles. The van der Waals surface area contributed by atoms with Crippen LogP contribution < -0.4 is 5.32 Å². The summed E-state index contributed by atoms with van der Waals surface area (Å²) in [6.07, 6.45) is 4.80. The normalized spacial score (nSPS) is 13.8. The Morgan fingerprint density at radius 1 is 1.00 bits per heavy atom. The van der Waals surface area contributed by atoms with Gasteiger partial charge < -0.3 is 10.2 Å². The van der Waals surface area contributed by atoms with Crippen molar-refractivity contribution < 1.29 is 14.0 Å². The number of benzene rings is 2. The maximum Gasteiger partial charge on any atom is 0.272 e. The predicted octanol–water partition coefficient (Wildman–Crippen LogP) is 3.57. The van der Waals surface area contributed by atoms with Crippen LogP contribution in [0.4, 0.5) is 4.39 Å². The van der Waals surface area contributed by atoms with Crippen LogP contribution in [0.15, 0.2) is 60.8 Å². The number of halogens is 1. The molecule has 0 aliphatic carbocycles. The molecule has 0 atom stereocenters. The van der Waals surface area contributed by atoms with Crippen molar-refractivity contribution in [2.45, 2.75) is 25.8 Å². The van der Waals surface area contributed by atoms with Crippen molar-refractivity contribution in [2.75, 3.05) is 13.1 Å². The van der Waals surface area contributed by atoms with Gasteiger partial charge >= 0.3 is 0 Å². The van der Waals surface area contributed by atoms with Gasteiger partial charge in [0.15, 0.2) is 5.69 Å². The summed E-state index contributed by atoms with van der Waals surface area (Å²) in [6, 6.07) is 15.1. The van der Waals surface area contributed by atoms with E-state index in [2.05, 4.69) is 10.4 Å². The molecule has 0 radical (unpaired) electrons. The molecule has 7 heteroatoms. The molecule has 2 amide bonds. The molecule has 154 valence electrons. The Labute approximate surface area is 174 Å². The largest absolute Gasteiger partial charge is 0.347 e. The van der Waals surface area contributed by atoms with E-state index in [1.165, 1.54) is 23.2 Å². The highest BCUT2D eigenvalue weighted by molar-refractivity contribution is 5.94. The van der Waals surface area contributed by atoms with Crippen molar-refractivity contribution in [3.8, 4) is 5.69 Å². The molecule has 3 aromatic rings. The molecule has 2 aromatic carbocycles. The lowest BCUT2D eigenvalue weighted by Crippen LogP contribution is -2.35. The van der Waals surface area contributed by atoms with E-state index < -0.39 is 5.82 Å². The van der Waals surface area contributed by atoms with Crippen molar-refractivity contribution in [3.63, 3.8) is 0 Å². The van der Waals surface area contributed by atoms with Gasteiger partial charge in [-0.15, -0.1) is 0 Å². The second-order valence-electron chi connectivity index (χ2n) is 7.33. The average Bonchev–Trinajstić information content (AvgIpc) is 3.28. The molecular formula is C23H23FN4O2. The first-order valence-corrected chi connectivity index (χ1v) is 10.1. The Bertz CT molecular complexity index is 1060. The van der Waals surface area contributed by atoms with Gasteiger partial charge in [0.05, 0.1) is 0 Å². The number of aromatic nitrogens is 2. The smallest absolute Gasteiger partial charge is 0.272 e. The summed E-state index contributed by atoms with van der Waals surface area (Å²) in [5, 5.41) is 6.97. The molecular weight excluding hydrogens is 383 g/mol. The first kappa shape index (κ1) is 19.8. The average molecular weight is 406 g/mol. The summed E-state index contributed by atoms with van der Waals surface area (Å²) in [4.78, 5) is 27.0. The van der Waals surface area contributed by atoms with Crippen LogP contribution in [-0.4, -0.2) is 39.6 Å². The van der Waals surface area contributed by atoms with Gasteiger partial charge in [-0.05, 0) is 55.2 Å². The van der Waals surface area contributed by atoms with Crippen LogP contribution >= 0.6 is 0 Å². The molecule has 1 aliphatic heterocycles. The Morgan fingerprint density at radius 2 is 1.80 bits per heavy atom. The molecule has 1 aliphatic rings. The van der Waals surface area contributed by atoms with Crippen molar-refractivity contribution >= 4 is 11.8 Å². The molecule has 1 saturated heterocycles. The van der Waals surface area contributed by atoms with Gasteiger partial charge in [0.25, 0.3) is 11.8 Å². The van der Waals surface area contributed by atoms with Crippen LogP contribution in [0.1, 0.15) is 45.7 Å². The predicted molar refractivity (Wildman–Crippen MR) is 111 cm³/mol. The quantitative estimate of drug-likeness (QED) is 0.704. The van der Waals surface area contributed by atoms with E-state index in [0.29, 0.717) is 5.56 Å². The molecule has 4 rings (SSSR count). The zero-order chi connectivity index (χ0) is 20.9. The Hall–Kier alpha value is -3.48. The number of amides is 2. The number of hydrogen-bond donors (Lipinski definition) is 1. The third kappa shape index (κ3) is 4.40. The number of carbonyl (C=O) groups is 2. The minimum absolute atomic E-state index is 0.0338. The van der Waals surface area contributed by atoms with E-state index in [-0.39, 0.29) is 29.7 Å². The number of piperidine rings is 1. The fourth-order valence-electron chi connectivity index (χ4n) is 3.58. The molecule has 1 fully saturated rings. The highest BCUT2D eigenvalue weighted by atomic mass is 19.1. The first-order chi connectivity index (χ1) is 14.6. The Morgan fingerprint density at radius 3 is 2.60 bits per heavy atom. The summed E-state index contributed by atoms with van der Waals surface area (Å²) in [5.41, 5.74) is 1.94. The monoisotopic (exact) mass is 406 g/mol. The lowest BCUT2D eigenvalue weighted by Gasteiger charge is -2.26. The van der Waals surface area contributed by atoms with Crippen molar-refractivity contribution in [2.24, 2.45) is 0 Å². The molecule has 0 spiro atoms. The van der Waals surface area contributed by atoms with Crippen LogP contribution in [0, 0.1) is 5.82 Å². The van der Waals surface area contributed by atoms with E-state index in [4.69, 9.17) is 0 Å². The van der Waals surface area contributed by atoms with Crippen LogP contribution in [0.3, 0.4) is 0 Å². The summed E-state index contributed by atoms with van der Waals surface area (Å²) in [6.45, 7) is 1.86. The summed E-state index contributed by atoms with van der Waals surface area (Å²) in [5.74, 6) is -0.743. The minimum atomic E-state index is -0.414. The summed E-state index contributed by atoms with van der Waals surface area (Å²) >= 11 is 0. The number of rotatable bonds is 5. The number of nitrogens with one attached hydrogen (secondary N) is 1. The van der Waals surface area contributed by atoms with Crippen molar-refractivity contribution in [3.05, 3.63) is 83.4 Å². The first-order valence-electron chi connectivity index (χ1n) is 10.1. The summed E-state index contributed by atoms with van der Waals surface area (Å²) in [7, 11) is 0. The highest BCUT2D eigenvalue weighted by Gasteiger charge is 2.18. The maximum absolute atomic E-state index is 13.9.